The minimum atomic E-state index is 0.221. The molecule has 1 aromatic rings. The topological polar surface area (TPSA) is 23.6 Å². The van der Waals surface area contributed by atoms with E-state index in [1.807, 2.05) is 7.05 Å². The van der Waals surface area contributed by atoms with E-state index in [-0.39, 0.29) is 5.91 Å². The Morgan fingerprint density at radius 3 is 2.50 bits per heavy atom. The Labute approximate surface area is 96.7 Å². The lowest BCUT2D eigenvalue weighted by Crippen LogP contribution is -2.47. The van der Waals surface area contributed by atoms with E-state index in [1.54, 1.807) is 4.90 Å². The normalized spacial score (nSPS) is 17.9. The highest BCUT2D eigenvalue weighted by Gasteiger charge is 2.20. The third-order valence-corrected chi connectivity index (χ3v) is 3.06. The number of benzene rings is 1. The summed E-state index contributed by atoms with van der Waals surface area (Å²) in [4.78, 5) is 15.5. The summed E-state index contributed by atoms with van der Waals surface area (Å²) in [6, 6.07) is 8.51. The van der Waals surface area contributed by atoms with Crippen molar-refractivity contribution in [2.75, 3.05) is 26.7 Å². The van der Waals surface area contributed by atoms with E-state index in [0.717, 1.165) is 19.6 Å². The highest BCUT2D eigenvalue weighted by Crippen LogP contribution is 2.09. The zero-order valence-corrected chi connectivity index (χ0v) is 9.94. The number of amides is 1. The minimum Gasteiger partial charge on any atom is -0.343 e. The zero-order chi connectivity index (χ0) is 11.5. The largest absolute Gasteiger partial charge is 0.343 e. The molecule has 0 aromatic heterocycles. The van der Waals surface area contributed by atoms with E-state index in [0.29, 0.717) is 6.54 Å². The maximum absolute atomic E-state index is 11.5. The van der Waals surface area contributed by atoms with Crippen LogP contribution in [-0.2, 0) is 11.3 Å². The number of likely N-dealkylation sites (N-methyl/N-ethyl adjacent to an activating group) is 1. The number of hydrogen-bond acceptors (Lipinski definition) is 2. The third kappa shape index (κ3) is 2.61. The Hall–Kier alpha value is -1.35. The van der Waals surface area contributed by atoms with Gasteiger partial charge in [0, 0.05) is 26.7 Å². The molecule has 0 atom stereocenters. The SMILES string of the molecule is Cc1ccc(CN2CCN(C)C(=O)C2)cc1. The van der Waals surface area contributed by atoms with Crippen molar-refractivity contribution in [3.8, 4) is 0 Å². The molecule has 1 aliphatic rings. The summed E-state index contributed by atoms with van der Waals surface area (Å²) in [6.45, 7) is 5.31. The van der Waals surface area contributed by atoms with Crippen molar-refractivity contribution in [3.63, 3.8) is 0 Å². The summed E-state index contributed by atoms with van der Waals surface area (Å²) in [6.07, 6.45) is 0. The van der Waals surface area contributed by atoms with Gasteiger partial charge in [-0.3, -0.25) is 9.69 Å². The van der Waals surface area contributed by atoms with Crippen LogP contribution < -0.4 is 0 Å². The van der Waals surface area contributed by atoms with Crippen LogP contribution in [0.15, 0.2) is 24.3 Å². The van der Waals surface area contributed by atoms with Crippen molar-refractivity contribution >= 4 is 5.91 Å². The average Bonchev–Trinajstić information content (AvgIpc) is 2.27. The summed E-state index contributed by atoms with van der Waals surface area (Å²) >= 11 is 0. The van der Waals surface area contributed by atoms with E-state index in [2.05, 4.69) is 36.1 Å². The van der Waals surface area contributed by atoms with Gasteiger partial charge in [0.05, 0.1) is 6.54 Å². The van der Waals surface area contributed by atoms with E-state index in [4.69, 9.17) is 0 Å². The Balaban J connectivity index is 1.95. The van der Waals surface area contributed by atoms with Gasteiger partial charge in [0.15, 0.2) is 0 Å². The average molecular weight is 218 g/mol. The predicted octanol–water partition coefficient (Wildman–Crippen LogP) is 1.27. The van der Waals surface area contributed by atoms with Crippen molar-refractivity contribution in [1.82, 2.24) is 9.80 Å². The van der Waals surface area contributed by atoms with E-state index < -0.39 is 0 Å². The Morgan fingerprint density at radius 2 is 1.88 bits per heavy atom. The highest BCUT2D eigenvalue weighted by atomic mass is 16.2. The molecular formula is C13H18N2O. The lowest BCUT2D eigenvalue weighted by molar-refractivity contribution is -0.134. The maximum Gasteiger partial charge on any atom is 0.236 e. The van der Waals surface area contributed by atoms with Gasteiger partial charge in [-0.15, -0.1) is 0 Å². The predicted molar refractivity (Wildman–Crippen MR) is 64.1 cm³/mol. The van der Waals surface area contributed by atoms with Crippen LogP contribution in [0.1, 0.15) is 11.1 Å². The molecule has 0 radical (unpaired) electrons. The van der Waals surface area contributed by atoms with Crippen LogP contribution >= 0.6 is 0 Å². The molecule has 0 bridgehead atoms. The van der Waals surface area contributed by atoms with Crippen LogP contribution in [0, 0.1) is 6.92 Å². The van der Waals surface area contributed by atoms with Gasteiger partial charge < -0.3 is 4.90 Å². The first kappa shape index (κ1) is 11.1. The zero-order valence-electron chi connectivity index (χ0n) is 9.94. The second-order valence-electron chi connectivity index (χ2n) is 4.51. The van der Waals surface area contributed by atoms with E-state index in [9.17, 15) is 4.79 Å². The molecule has 86 valence electrons. The number of aryl methyl sites for hydroxylation is 1. The molecule has 0 spiro atoms. The second kappa shape index (κ2) is 4.66. The summed E-state index contributed by atoms with van der Waals surface area (Å²) in [5.41, 5.74) is 2.56. The molecule has 0 aliphatic carbocycles. The molecule has 16 heavy (non-hydrogen) atoms. The molecule has 0 N–H and O–H groups in total. The summed E-state index contributed by atoms with van der Waals surface area (Å²) in [5.74, 6) is 0.221. The van der Waals surface area contributed by atoms with Crippen molar-refractivity contribution < 1.29 is 4.79 Å². The molecule has 2 rings (SSSR count). The molecule has 1 saturated heterocycles. The molecule has 1 amide bonds. The Kier molecular flexibility index (Phi) is 3.25. The van der Waals surface area contributed by atoms with Gasteiger partial charge in [0.1, 0.15) is 0 Å². The molecule has 1 heterocycles. The fourth-order valence-electron chi connectivity index (χ4n) is 1.89. The lowest BCUT2D eigenvalue weighted by atomic mass is 10.1. The van der Waals surface area contributed by atoms with Crippen molar-refractivity contribution in [2.24, 2.45) is 0 Å². The van der Waals surface area contributed by atoms with Gasteiger partial charge in [-0.1, -0.05) is 29.8 Å². The number of rotatable bonds is 2. The number of nitrogens with zero attached hydrogens (tertiary/aromatic N) is 2. The van der Waals surface area contributed by atoms with Crippen molar-refractivity contribution in [3.05, 3.63) is 35.4 Å². The molecule has 3 nitrogen and oxygen atoms in total. The van der Waals surface area contributed by atoms with Crippen LogP contribution in [-0.4, -0.2) is 42.4 Å². The number of carbonyl (C=O) groups excluding carboxylic acids is 1. The Morgan fingerprint density at radius 1 is 1.19 bits per heavy atom. The number of piperazine rings is 1. The highest BCUT2D eigenvalue weighted by molar-refractivity contribution is 5.78. The first-order valence-electron chi connectivity index (χ1n) is 5.67. The monoisotopic (exact) mass is 218 g/mol. The molecule has 1 fully saturated rings. The quantitative estimate of drug-likeness (QED) is 0.746. The molecule has 0 saturated carbocycles. The number of carbonyl (C=O) groups is 1. The fourth-order valence-corrected chi connectivity index (χ4v) is 1.89. The molecule has 1 aromatic carbocycles. The van der Waals surface area contributed by atoms with Crippen LogP contribution in [0.4, 0.5) is 0 Å². The van der Waals surface area contributed by atoms with Gasteiger partial charge in [-0.2, -0.15) is 0 Å². The third-order valence-electron chi connectivity index (χ3n) is 3.06. The van der Waals surface area contributed by atoms with Crippen LogP contribution in [0.3, 0.4) is 0 Å². The van der Waals surface area contributed by atoms with Crippen LogP contribution in [0.2, 0.25) is 0 Å². The van der Waals surface area contributed by atoms with Gasteiger partial charge in [-0.05, 0) is 12.5 Å². The van der Waals surface area contributed by atoms with Crippen molar-refractivity contribution in [2.45, 2.75) is 13.5 Å². The lowest BCUT2D eigenvalue weighted by Gasteiger charge is -2.31. The van der Waals surface area contributed by atoms with Gasteiger partial charge in [-0.25, -0.2) is 0 Å². The molecule has 1 aliphatic heterocycles. The molecule has 3 heteroatoms. The summed E-state index contributed by atoms with van der Waals surface area (Å²) < 4.78 is 0. The van der Waals surface area contributed by atoms with E-state index in [1.165, 1.54) is 11.1 Å². The summed E-state index contributed by atoms with van der Waals surface area (Å²) in [7, 11) is 1.87. The van der Waals surface area contributed by atoms with E-state index >= 15 is 0 Å². The Bertz CT molecular complexity index is 372. The smallest absolute Gasteiger partial charge is 0.236 e. The maximum atomic E-state index is 11.5. The van der Waals surface area contributed by atoms with Gasteiger partial charge in [0.25, 0.3) is 0 Å². The fraction of sp³-hybridized carbons (Fsp3) is 0.462. The van der Waals surface area contributed by atoms with Crippen LogP contribution in [0.25, 0.3) is 0 Å². The van der Waals surface area contributed by atoms with Gasteiger partial charge in [0.2, 0.25) is 5.91 Å². The first-order valence-corrected chi connectivity index (χ1v) is 5.67. The van der Waals surface area contributed by atoms with Crippen molar-refractivity contribution in [1.29, 1.82) is 0 Å². The standard InChI is InChI=1S/C13H18N2O/c1-11-3-5-12(6-4-11)9-15-8-7-14(2)13(16)10-15/h3-6H,7-10H2,1-2H3. The number of hydrogen-bond donors (Lipinski definition) is 0. The second-order valence-corrected chi connectivity index (χ2v) is 4.51. The van der Waals surface area contributed by atoms with Crippen LogP contribution in [0.5, 0.6) is 0 Å². The molecular weight excluding hydrogens is 200 g/mol. The van der Waals surface area contributed by atoms with Gasteiger partial charge >= 0.3 is 0 Å². The first-order chi connectivity index (χ1) is 7.65. The molecule has 0 unspecified atom stereocenters. The minimum absolute atomic E-state index is 0.221. The summed E-state index contributed by atoms with van der Waals surface area (Å²) in [5, 5.41) is 0.